The lowest BCUT2D eigenvalue weighted by Gasteiger charge is -2.19. The molecule has 1 heteroatoms. The van der Waals surface area contributed by atoms with Crippen molar-refractivity contribution >= 4 is 0 Å². The Hall–Kier alpha value is -0.0400. The lowest BCUT2D eigenvalue weighted by molar-refractivity contribution is 0.274. The summed E-state index contributed by atoms with van der Waals surface area (Å²) in [6.07, 6.45) is 11.2. The van der Waals surface area contributed by atoms with Gasteiger partial charge in [-0.25, -0.2) is 0 Å². The molecular formula is C14H31N. The molecule has 0 N–H and O–H groups in total. The minimum Gasteiger partial charge on any atom is -0.304 e. The Bertz CT molecular complexity index is 112. The van der Waals surface area contributed by atoms with E-state index in [1.54, 1.807) is 0 Å². The maximum atomic E-state index is 2.61. The van der Waals surface area contributed by atoms with Crippen LogP contribution in [0, 0.1) is 0 Å². The fourth-order valence-corrected chi connectivity index (χ4v) is 1.95. The van der Waals surface area contributed by atoms with E-state index >= 15 is 0 Å². The van der Waals surface area contributed by atoms with Crippen LogP contribution in [0.2, 0.25) is 0 Å². The first-order valence-electron chi connectivity index (χ1n) is 7.07. The first kappa shape index (κ1) is 15.0. The van der Waals surface area contributed by atoms with Gasteiger partial charge in [-0.15, -0.1) is 0 Å². The molecule has 0 aromatic rings. The predicted octanol–water partition coefficient (Wildman–Crippen LogP) is 4.47. The van der Waals surface area contributed by atoms with Gasteiger partial charge in [-0.1, -0.05) is 59.3 Å². The molecular weight excluding hydrogens is 182 g/mol. The number of unbranched alkanes of at least 4 members (excludes halogenated alkanes) is 6. The van der Waals surface area contributed by atoms with Crippen LogP contribution in [0.4, 0.5) is 0 Å². The number of hydrogen-bond acceptors (Lipinski definition) is 1. The van der Waals surface area contributed by atoms with Gasteiger partial charge in [-0.2, -0.15) is 0 Å². The molecule has 0 aliphatic heterocycles. The Morgan fingerprint density at radius 1 is 0.600 bits per heavy atom. The molecule has 1 nitrogen and oxygen atoms in total. The Morgan fingerprint density at radius 3 is 1.60 bits per heavy atom. The van der Waals surface area contributed by atoms with Crippen LogP contribution in [0.15, 0.2) is 0 Å². The smallest absolute Gasteiger partial charge is 0.00189 e. The second-order valence-electron chi connectivity index (χ2n) is 4.56. The van der Waals surface area contributed by atoms with Gasteiger partial charge in [0.15, 0.2) is 0 Å². The third-order valence-electron chi connectivity index (χ3n) is 3.10. The maximum Gasteiger partial charge on any atom is -0.00189 e. The number of nitrogens with zero attached hydrogens (tertiary/aromatic N) is 1. The van der Waals surface area contributed by atoms with Gasteiger partial charge in [0, 0.05) is 0 Å². The topological polar surface area (TPSA) is 3.24 Å². The third-order valence-corrected chi connectivity index (χ3v) is 3.10. The minimum absolute atomic E-state index is 1.23. The highest BCUT2D eigenvalue weighted by molar-refractivity contribution is 4.56. The van der Waals surface area contributed by atoms with Crippen molar-refractivity contribution < 1.29 is 0 Å². The summed E-state index contributed by atoms with van der Waals surface area (Å²) in [4.78, 5) is 2.61. The standard InChI is InChI=1S/C14H31N/c1-4-7-9-10-12-14-15(6-3)13-11-8-5-2/h4-14H2,1-3H3. The molecule has 0 radical (unpaired) electrons. The van der Waals surface area contributed by atoms with Crippen molar-refractivity contribution in [3.8, 4) is 0 Å². The summed E-state index contributed by atoms with van der Waals surface area (Å²) in [5, 5.41) is 0. The Balaban J connectivity index is 3.28. The summed E-state index contributed by atoms with van der Waals surface area (Å²) in [7, 11) is 0. The molecule has 0 rings (SSSR count). The second kappa shape index (κ2) is 12.0. The molecule has 0 bridgehead atoms. The van der Waals surface area contributed by atoms with Gasteiger partial charge in [-0.05, 0) is 32.5 Å². The Kier molecular flexibility index (Phi) is 12.0. The van der Waals surface area contributed by atoms with Crippen LogP contribution in [0.3, 0.4) is 0 Å². The fourth-order valence-electron chi connectivity index (χ4n) is 1.95. The first-order valence-corrected chi connectivity index (χ1v) is 7.07. The monoisotopic (exact) mass is 213 g/mol. The highest BCUT2D eigenvalue weighted by Gasteiger charge is 2.00. The van der Waals surface area contributed by atoms with Gasteiger partial charge in [-0.3, -0.25) is 0 Å². The molecule has 0 saturated carbocycles. The molecule has 0 spiro atoms. The van der Waals surface area contributed by atoms with E-state index in [4.69, 9.17) is 0 Å². The summed E-state index contributed by atoms with van der Waals surface area (Å²) in [6, 6.07) is 0. The summed E-state index contributed by atoms with van der Waals surface area (Å²) >= 11 is 0. The van der Waals surface area contributed by atoms with Gasteiger partial charge in [0.25, 0.3) is 0 Å². The van der Waals surface area contributed by atoms with Crippen LogP contribution >= 0.6 is 0 Å². The van der Waals surface area contributed by atoms with Gasteiger partial charge in [0.05, 0.1) is 0 Å². The van der Waals surface area contributed by atoms with Crippen molar-refractivity contribution in [2.24, 2.45) is 0 Å². The highest BCUT2D eigenvalue weighted by Crippen LogP contribution is 2.05. The molecule has 0 aromatic heterocycles. The normalized spacial score (nSPS) is 11.2. The second-order valence-corrected chi connectivity index (χ2v) is 4.56. The summed E-state index contributed by atoms with van der Waals surface area (Å²) in [5.41, 5.74) is 0. The zero-order valence-corrected chi connectivity index (χ0v) is 11.2. The zero-order valence-electron chi connectivity index (χ0n) is 11.2. The molecule has 0 amide bonds. The molecule has 92 valence electrons. The van der Waals surface area contributed by atoms with Crippen molar-refractivity contribution in [3.05, 3.63) is 0 Å². The van der Waals surface area contributed by atoms with E-state index in [2.05, 4.69) is 25.7 Å². The molecule has 0 saturated heterocycles. The van der Waals surface area contributed by atoms with Crippen molar-refractivity contribution in [1.29, 1.82) is 0 Å². The van der Waals surface area contributed by atoms with E-state index in [0.717, 1.165) is 0 Å². The molecule has 0 aromatic carbocycles. The lowest BCUT2D eigenvalue weighted by Crippen LogP contribution is -2.25. The molecule has 0 heterocycles. The fraction of sp³-hybridized carbons (Fsp3) is 1.00. The first-order chi connectivity index (χ1) is 7.35. The molecule has 0 fully saturated rings. The van der Waals surface area contributed by atoms with Crippen molar-refractivity contribution in [3.63, 3.8) is 0 Å². The van der Waals surface area contributed by atoms with Gasteiger partial charge in [0.2, 0.25) is 0 Å². The molecule has 0 atom stereocenters. The van der Waals surface area contributed by atoms with Crippen LogP contribution in [0.25, 0.3) is 0 Å². The van der Waals surface area contributed by atoms with E-state index in [-0.39, 0.29) is 0 Å². The van der Waals surface area contributed by atoms with Crippen molar-refractivity contribution in [1.82, 2.24) is 4.90 Å². The van der Waals surface area contributed by atoms with E-state index in [1.165, 1.54) is 71.0 Å². The third kappa shape index (κ3) is 10.2. The average Bonchev–Trinajstić information content (AvgIpc) is 2.26. The number of hydrogen-bond donors (Lipinski definition) is 0. The maximum absolute atomic E-state index is 2.61. The number of rotatable bonds is 11. The minimum atomic E-state index is 1.23. The van der Waals surface area contributed by atoms with Gasteiger partial charge in [0.1, 0.15) is 0 Å². The Labute approximate surface area is 97.2 Å². The van der Waals surface area contributed by atoms with Crippen molar-refractivity contribution in [2.75, 3.05) is 19.6 Å². The van der Waals surface area contributed by atoms with Crippen LogP contribution < -0.4 is 0 Å². The largest absolute Gasteiger partial charge is 0.304 e. The summed E-state index contributed by atoms with van der Waals surface area (Å²) < 4.78 is 0. The van der Waals surface area contributed by atoms with Crippen LogP contribution in [0.1, 0.15) is 72.1 Å². The molecule has 0 aliphatic rings. The molecule has 15 heavy (non-hydrogen) atoms. The lowest BCUT2D eigenvalue weighted by atomic mass is 10.1. The van der Waals surface area contributed by atoms with Crippen LogP contribution in [-0.2, 0) is 0 Å². The predicted molar refractivity (Wildman–Crippen MR) is 70.4 cm³/mol. The highest BCUT2D eigenvalue weighted by atomic mass is 15.1. The summed E-state index contributed by atoms with van der Waals surface area (Å²) in [6.45, 7) is 10.7. The van der Waals surface area contributed by atoms with E-state index in [9.17, 15) is 0 Å². The quantitative estimate of drug-likeness (QED) is 0.458. The van der Waals surface area contributed by atoms with Crippen molar-refractivity contribution in [2.45, 2.75) is 72.1 Å². The van der Waals surface area contributed by atoms with Crippen LogP contribution in [0.5, 0.6) is 0 Å². The van der Waals surface area contributed by atoms with Crippen LogP contribution in [-0.4, -0.2) is 24.5 Å². The van der Waals surface area contributed by atoms with Gasteiger partial charge < -0.3 is 4.90 Å². The van der Waals surface area contributed by atoms with Gasteiger partial charge >= 0.3 is 0 Å². The Morgan fingerprint density at radius 2 is 1.07 bits per heavy atom. The van der Waals surface area contributed by atoms with E-state index in [1.807, 2.05) is 0 Å². The van der Waals surface area contributed by atoms with E-state index < -0.39 is 0 Å². The zero-order chi connectivity index (χ0) is 11.4. The van der Waals surface area contributed by atoms with E-state index in [0.29, 0.717) is 0 Å². The molecule has 0 aliphatic carbocycles. The SMILES string of the molecule is CCCCCCCN(CC)CCCCC. The molecule has 0 unspecified atom stereocenters. The summed E-state index contributed by atoms with van der Waals surface area (Å²) in [5.74, 6) is 0. The average molecular weight is 213 g/mol.